The van der Waals surface area contributed by atoms with Gasteiger partial charge in [-0.25, -0.2) is 4.39 Å². The maximum atomic E-state index is 13.2. The Balaban J connectivity index is 1.92. The Morgan fingerprint density at radius 2 is 1.83 bits per heavy atom. The van der Waals surface area contributed by atoms with E-state index in [1.165, 1.54) is 18.2 Å². The minimum atomic E-state index is -0.749. The minimum absolute atomic E-state index is 0.377. The van der Waals surface area contributed by atoms with Gasteiger partial charge in [-0.3, -0.25) is 9.59 Å². The zero-order valence-corrected chi connectivity index (χ0v) is 13.5. The van der Waals surface area contributed by atoms with E-state index in [1.54, 1.807) is 26.0 Å². The summed E-state index contributed by atoms with van der Waals surface area (Å²) in [4.78, 5) is 24.0. The van der Waals surface area contributed by atoms with Crippen molar-refractivity contribution < 1.29 is 14.0 Å². The molecule has 0 aliphatic heterocycles. The van der Waals surface area contributed by atoms with Gasteiger partial charge in [0.25, 0.3) is 0 Å². The molecule has 1 atom stereocenters. The number of anilines is 1. The van der Waals surface area contributed by atoms with Crippen LogP contribution in [0.5, 0.6) is 0 Å². The van der Waals surface area contributed by atoms with Crippen LogP contribution in [-0.4, -0.2) is 17.9 Å². The number of hydrogen-bond acceptors (Lipinski definition) is 2. The number of hydrogen-bond donors (Lipinski definition) is 2. The molecular weight excluding hydrogens is 307 g/mol. The van der Waals surface area contributed by atoms with E-state index in [9.17, 15) is 14.0 Å². The SMILES string of the molecule is Cc1ccc(F)cc1NC(=O)C(C)NC(=O)/C=C/c1ccccc1. The number of rotatable bonds is 5. The lowest BCUT2D eigenvalue weighted by Crippen LogP contribution is -2.41. The lowest BCUT2D eigenvalue weighted by molar-refractivity contribution is -0.123. The minimum Gasteiger partial charge on any atom is -0.341 e. The molecule has 4 nitrogen and oxygen atoms in total. The van der Waals surface area contributed by atoms with Gasteiger partial charge in [-0.05, 0) is 43.2 Å². The van der Waals surface area contributed by atoms with Gasteiger partial charge in [-0.1, -0.05) is 36.4 Å². The number of aryl methyl sites for hydroxylation is 1. The highest BCUT2D eigenvalue weighted by atomic mass is 19.1. The van der Waals surface area contributed by atoms with Crippen LogP contribution < -0.4 is 10.6 Å². The summed E-state index contributed by atoms with van der Waals surface area (Å²) in [6.07, 6.45) is 3.03. The van der Waals surface area contributed by atoms with Crippen molar-refractivity contribution >= 4 is 23.6 Å². The zero-order chi connectivity index (χ0) is 17.5. The first kappa shape index (κ1) is 17.4. The molecule has 0 saturated carbocycles. The molecule has 0 aliphatic carbocycles. The van der Waals surface area contributed by atoms with Gasteiger partial charge >= 0.3 is 0 Å². The Labute approximate surface area is 140 Å². The van der Waals surface area contributed by atoms with E-state index in [-0.39, 0.29) is 5.91 Å². The average molecular weight is 326 g/mol. The highest BCUT2D eigenvalue weighted by Crippen LogP contribution is 2.16. The summed E-state index contributed by atoms with van der Waals surface area (Å²) >= 11 is 0. The van der Waals surface area contributed by atoms with Crippen LogP contribution in [0.3, 0.4) is 0 Å². The summed E-state index contributed by atoms with van der Waals surface area (Å²) in [6, 6.07) is 12.8. The summed E-state index contributed by atoms with van der Waals surface area (Å²) in [6.45, 7) is 3.33. The topological polar surface area (TPSA) is 58.2 Å². The fourth-order valence-electron chi connectivity index (χ4n) is 2.03. The van der Waals surface area contributed by atoms with Gasteiger partial charge in [-0.15, -0.1) is 0 Å². The molecule has 0 bridgehead atoms. The van der Waals surface area contributed by atoms with Gasteiger partial charge in [0.2, 0.25) is 11.8 Å². The average Bonchev–Trinajstić information content (AvgIpc) is 2.57. The predicted molar refractivity (Wildman–Crippen MR) is 92.8 cm³/mol. The Morgan fingerprint density at radius 3 is 2.54 bits per heavy atom. The molecule has 0 heterocycles. The first-order valence-corrected chi connectivity index (χ1v) is 7.56. The van der Waals surface area contributed by atoms with E-state index in [4.69, 9.17) is 0 Å². The molecule has 5 heteroatoms. The molecule has 0 fully saturated rings. The van der Waals surface area contributed by atoms with Crippen LogP contribution in [0, 0.1) is 12.7 Å². The zero-order valence-electron chi connectivity index (χ0n) is 13.5. The van der Waals surface area contributed by atoms with Crippen molar-refractivity contribution in [2.75, 3.05) is 5.32 Å². The van der Waals surface area contributed by atoms with Crippen molar-refractivity contribution in [3.63, 3.8) is 0 Å². The van der Waals surface area contributed by atoms with Crippen LogP contribution in [0.25, 0.3) is 6.08 Å². The van der Waals surface area contributed by atoms with Crippen LogP contribution in [-0.2, 0) is 9.59 Å². The molecule has 0 radical (unpaired) electrons. The van der Waals surface area contributed by atoms with E-state index in [1.807, 2.05) is 30.3 Å². The number of benzene rings is 2. The predicted octanol–water partition coefficient (Wildman–Crippen LogP) is 3.29. The highest BCUT2D eigenvalue weighted by molar-refractivity contribution is 6.00. The van der Waals surface area contributed by atoms with E-state index < -0.39 is 17.8 Å². The Bertz CT molecular complexity index is 757. The first-order valence-electron chi connectivity index (χ1n) is 7.56. The monoisotopic (exact) mass is 326 g/mol. The van der Waals surface area contributed by atoms with Gasteiger partial charge in [0.1, 0.15) is 11.9 Å². The third-order valence-corrected chi connectivity index (χ3v) is 3.44. The van der Waals surface area contributed by atoms with Crippen molar-refractivity contribution in [2.45, 2.75) is 19.9 Å². The lowest BCUT2D eigenvalue weighted by atomic mass is 10.2. The first-order chi connectivity index (χ1) is 11.5. The molecular formula is C19H19FN2O2. The molecule has 2 rings (SSSR count). The second-order valence-corrected chi connectivity index (χ2v) is 5.42. The van der Waals surface area contributed by atoms with Gasteiger partial charge < -0.3 is 10.6 Å². The fraction of sp³-hybridized carbons (Fsp3) is 0.158. The van der Waals surface area contributed by atoms with E-state index in [0.29, 0.717) is 5.69 Å². The smallest absolute Gasteiger partial charge is 0.246 e. The molecule has 0 aromatic heterocycles. The normalized spacial score (nSPS) is 12.0. The third kappa shape index (κ3) is 5.05. The quantitative estimate of drug-likeness (QED) is 0.828. The van der Waals surface area contributed by atoms with Crippen molar-refractivity contribution in [2.24, 2.45) is 0 Å². The number of carbonyl (C=O) groups is 2. The van der Waals surface area contributed by atoms with Crippen LogP contribution in [0.4, 0.5) is 10.1 Å². The Morgan fingerprint density at radius 1 is 1.12 bits per heavy atom. The van der Waals surface area contributed by atoms with Crippen molar-refractivity contribution in [3.05, 3.63) is 71.6 Å². The number of carbonyl (C=O) groups excluding carboxylic acids is 2. The van der Waals surface area contributed by atoms with Crippen molar-refractivity contribution in [1.29, 1.82) is 0 Å². The van der Waals surface area contributed by atoms with Crippen molar-refractivity contribution in [3.8, 4) is 0 Å². The van der Waals surface area contributed by atoms with Gasteiger partial charge in [0.15, 0.2) is 0 Å². The van der Waals surface area contributed by atoms with Crippen LogP contribution in [0.15, 0.2) is 54.6 Å². The molecule has 2 N–H and O–H groups in total. The molecule has 0 aliphatic rings. The van der Waals surface area contributed by atoms with Crippen molar-refractivity contribution in [1.82, 2.24) is 5.32 Å². The number of amides is 2. The van der Waals surface area contributed by atoms with Crippen LogP contribution in [0.1, 0.15) is 18.1 Å². The number of nitrogens with one attached hydrogen (secondary N) is 2. The summed E-state index contributed by atoms with van der Waals surface area (Å²) in [5.41, 5.74) is 2.02. The Kier molecular flexibility index (Phi) is 5.84. The molecule has 24 heavy (non-hydrogen) atoms. The molecule has 2 aromatic rings. The maximum absolute atomic E-state index is 13.2. The largest absolute Gasteiger partial charge is 0.341 e. The van der Waals surface area contributed by atoms with E-state index >= 15 is 0 Å². The fourth-order valence-corrected chi connectivity index (χ4v) is 2.03. The second-order valence-electron chi connectivity index (χ2n) is 5.42. The molecule has 0 spiro atoms. The van der Waals surface area contributed by atoms with Gasteiger partial charge in [0, 0.05) is 11.8 Å². The summed E-state index contributed by atoms with van der Waals surface area (Å²) in [5, 5.41) is 5.18. The van der Waals surface area contributed by atoms with E-state index in [0.717, 1.165) is 11.1 Å². The summed E-state index contributed by atoms with van der Waals surface area (Å²) in [7, 11) is 0. The molecule has 1 unspecified atom stereocenters. The van der Waals surface area contributed by atoms with Gasteiger partial charge in [-0.2, -0.15) is 0 Å². The maximum Gasteiger partial charge on any atom is 0.246 e. The standard InChI is InChI=1S/C19H19FN2O2/c1-13-8-10-16(20)12-17(13)22-19(24)14(2)21-18(23)11-9-15-6-4-3-5-7-15/h3-12,14H,1-2H3,(H,21,23)(H,22,24)/b11-9+. The van der Waals surface area contributed by atoms with E-state index in [2.05, 4.69) is 10.6 Å². The Hall–Kier alpha value is -2.95. The molecule has 2 aromatic carbocycles. The van der Waals surface area contributed by atoms with Crippen LogP contribution >= 0.6 is 0 Å². The molecule has 0 saturated heterocycles. The lowest BCUT2D eigenvalue weighted by Gasteiger charge is -2.14. The third-order valence-electron chi connectivity index (χ3n) is 3.44. The van der Waals surface area contributed by atoms with Crippen LogP contribution in [0.2, 0.25) is 0 Å². The summed E-state index contributed by atoms with van der Waals surface area (Å²) in [5.74, 6) is -1.22. The molecule has 124 valence electrons. The summed E-state index contributed by atoms with van der Waals surface area (Å²) < 4.78 is 13.2. The number of halogens is 1. The van der Waals surface area contributed by atoms with Gasteiger partial charge in [0.05, 0.1) is 0 Å². The second kappa shape index (κ2) is 8.06. The highest BCUT2D eigenvalue weighted by Gasteiger charge is 2.15. The molecule has 2 amide bonds.